The molecule has 6 nitrogen and oxygen atoms in total. The molecule has 0 unspecified atom stereocenters. The Morgan fingerprint density at radius 1 is 1.38 bits per heavy atom. The molecule has 1 aromatic rings. The number of imide groups is 2. The number of furan rings is 1. The van der Waals surface area contributed by atoms with Crippen molar-refractivity contribution in [3.63, 3.8) is 0 Å². The Bertz CT molecular complexity index is 487. The average molecular weight is 220 g/mol. The molecule has 1 aliphatic rings. The maximum atomic E-state index is 11.6. The van der Waals surface area contributed by atoms with Crippen LogP contribution in [-0.4, -0.2) is 29.8 Å². The largest absolute Gasteiger partial charge is 0.465 e. The topological polar surface area (TPSA) is 79.6 Å². The highest BCUT2D eigenvalue weighted by atomic mass is 16.3. The third-order valence-corrected chi connectivity index (χ3v) is 2.13. The molecule has 4 amide bonds. The lowest BCUT2D eigenvalue weighted by Crippen LogP contribution is -2.52. The van der Waals surface area contributed by atoms with Crippen LogP contribution in [0.15, 0.2) is 28.4 Å². The molecule has 0 atom stereocenters. The first kappa shape index (κ1) is 10.2. The van der Waals surface area contributed by atoms with E-state index in [4.69, 9.17) is 4.42 Å². The second-order valence-electron chi connectivity index (χ2n) is 3.20. The zero-order valence-electron chi connectivity index (χ0n) is 8.39. The van der Waals surface area contributed by atoms with Crippen molar-refractivity contribution in [2.45, 2.75) is 0 Å². The molecule has 0 radical (unpaired) electrons. The molecule has 82 valence electrons. The van der Waals surface area contributed by atoms with E-state index in [0.29, 0.717) is 5.76 Å². The van der Waals surface area contributed by atoms with Gasteiger partial charge in [0.25, 0.3) is 11.8 Å². The third kappa shape index (κ3) is 1.60. The molecule has 0 aliphatic carbocycles. The van der Waals surface area contributed by atoms with E-state index >= 15 is 0 Å². The molecule has 1 N–H and O–H groups in total. The Balaban J connectivity index is 2.37. The Hall–Kier alpha value is -2.37. The van der Waals surface area contributed by atoms with Crippen LogP contribution in [0.4, 0.5) is 4.79 Å². The number of barbiturate groups is 1. The molecular formula is C10H8N2O4. The van der Waals surface area contributed by atoms with Gasteiger partial charge in [0.05, 0.1) is 6.26 Å². The number of carbonyl (C=O) groups is 3. The van der Waals surface area contributed by atoms with Crippen molar-refractivity contribution in [1.82, 2.24) is 10.2 Å². The van der Waals surface area contributed by atoms with Crippen LogP contribution in [0.3, 0.4) is 0 Å². The van der Waals surface area contributed by atoms with Gasteiger partial charge in [-0.05, 0) is 18.2 Å². The van der Waals surface area contributed by atoms with Crippen molar-refractivity contribution in [3.8, 4) is 0 Å². The minimum Gasteiger partial charge on any atom is -0.465 e. The lowest BCUT2D eigenvalue weighted by molar-refractivity contribution is -0.129. The monoisotopic (exact) mass is 220 g/mol. The van der Waals surface area contributed by atoms with E-state index in [9.17, 15) is 14.4 Å². The van der Waals surface area contributed by atoms with E-state index < -0.39 is 17.8 Å². The highest BCUT2D eigenvalue weighted by Gasteiger charge is 2.33. The summed E-state index contributed by atoms with van der Waals surface area (Å²) >= 11 is 0. The van der Waals surface area contributed by atoms with Crippen molar-refractivity contribution in [2.75, 3.05) is 7.05 Å². The van der Waals surface area contributed by atoms with Crippen molar-refractivity contribution in [3.05, 3.63) is 29.7 Å². The maximum absolute atomic E-state index is 11.6. The summed E-state index contributed by atoms with van der Waals surface area (Å²) in [6, 6.07) is 2.50. The second-order valence-corrected chi connectivity index (χ2v) is 3.20. The Kier molecular flexibility index (Phi) is 2.32. The fraction of sp³-hybridized carbons (Fsp3) is 0.100. The van der Waals surface area contributed by atoms with Gasteiger partial charge in [-0.2, -0.15) is 0 Å². The standard InChI is InChI=1S/C10H8N2O4/c1-12-9(14)7(8(13)11-10(12)15)5-6-3-2-4-16-6/h2-5H,1H3,(H,11,13,15). The number of nitrogens with zero attached hydrogens (tertiary/aromatic N) is 1. The number of hydrogen-bond acceptors (Lipinski definition) is 4. The maximum Gasteiger partial charge on any atom is 0.331 e. The quantitative estimate of drug-likeness (QED) is 0.547. The predicted molar refractivity (Wildman–Crippen MR) is 53.0 cm³/mol. The zero-order valence-corrected chi connectivity index (χ0v) is 8.39. The van der Waals surface area contributed by atoms with Gasteiger partial charge in [0, 0.05) is 7.05 Å². The van der Waals surface area contributed by atoms with Crippen LogP contribution in [0.25, 0.3) is 6.08 Å². The van der Waals surface area contributed by atoms with Crippen LogP contribution in [-0.2, 0) is 9.59 Å². The summed E-state index contributed by atoms with van der Waals surface area (Å²) in [6.07, 6.45) is 2.72. The second kappa shape index (κ2) is 3.65. The number of nitrogens with one attached hydrogen (secondary N) is 1. The van der Waals surface area contributed by atoms with E-state index in [1.165, 1.54) is 19.4 Å². The highest BCUT2D eigenvalue weighted by molar-refractivity contribution is 6.30. The fourth-order valence-electron chi connectivity index (χ4n) is 1.26. The Labute approximate surface area is 90.5 Å². The van der Waals surface area contributed by atoms with Gasteiger partial charge in [-0.1, -0.05) is 0 Å². The number of urea groups is 1. The van der Waals surface area contributed by atoms with Crippen molar-refractivity contribution in [1.29, 1.82) is 0 Å². The minimum atomic E-state index is -0.730. The SMILES string of the molecule is CN1C(=O)NC(=O)C(=Cc2ccco2)C1=O. The van der Waals surface area contributed by atoms with Crippen molar-refractivity contribution >= 4 is 23.9 Å². The normalized spacial score (nSPS) is 19.2. The molecule has 1 saturated heterocycles. The molecule has 0 spiro atoms. The molecule has 1 aromatic heterocycles. The molecule has 1 aliphatic heterocycles. The van der Waals surface area contributed by atoms with E-state index in [2.05, 4.69) is 0 Å². The summed E-state index contributed by atoms with van der Waals surface area (Å²) < 4.78 is 4.98. The summed E-state index contributed by atoms with van der Waals surface area (Å²) in [5, 5.41) is 2.04. The molecule has 0 saturated carbocycles. The molecule has 0 aromatic carbocycles. The molecule has 6 heteroatoms. The Morgan fingerprint density at radius 3 is 2.75 bits per heavy atom. The molecule has 2 rings (SSSR count). The van der Waals surface area contributed by atoms with Gasteiger partial charge in [0.15, 0.2) is 0 Å². The fourth-order valence-corrected chi connectivity index (χ4v) is 1.26. The molecule has 16 heavy (non-hydrogen) atoms. The highest BCUT2D eigenvalue weighted by Crippen LogP contribution is 2.13. The van der Waals surface area contributed by atoms with Gasteiger partial charge in [0.2, 0.25) is 0 Å². The Morgan fingerprint density at radius 2 is 2.12 bits per heavy atom. The molecule has 1 fully saturated rings. The number of rotatable bonds is 1. The van der Waals surface area contributed by atoms with Crippen LogP contribution in [0.2, 0.25) is 0 Å². The lowest BCUT2D eigenvalue weighted by atomic mass is 10.1. The van der Waals surface area contributed by atoms with Crippen molar-refractivity contribution < 1.29 is 18.8 Å². The van der Waals surface area contributed by atoms with Crippen LogP contribution >= 0.6 is 0 Å². The molecule has 2 heterocycles. The number of hydrogen-bond donors (Lipinski definition) is 1. The van der Waals surface area contributed by atoms with E-state index in [1.54, 1.807) is 12.1 Å². The minimum absolute atomic E-state index is 0.128. The van der Waals surface area contributed by atoms with Crippen molar-refractivity contribution in [2.24, 2.45) is 0 Å². The first-order valence-electron chi connectivity index (χ1n) is 4.48. The van der Waals surface area contributed by atoms with E-state index in [-0.39, 0.29) is 5.57 Å². The van der Waals surface area contributed by atoms with Crippen LogP contribution in [0.5, 0.6) is 0 Å². The summed E-state index contributed by atoms with van der Waals surface area (Å²) in [7, 11) is 1.29. The van der Waals surface area contributed by atoms with Gasteiger partial charge in [-0.3, -0.25) is 19.8 Å². The summed E-state index contributed by atoms with van der Waals surface area (Å²) in [5.41, 5.74) is -0.128. The third-order valence-electron chi connectivity index (χ3n) is 2.13. The average Bonchev–Trinajstić information content (AvgIpc) is 2.74. The van der Waals surface area contributed by atoms with Crippen LogP contribution in [0, 0.1) is 0 Å². The van der Waals surface area contributed by atoms with Crippen LogP contribution in [0.1, 0.15) is 5.76 Å². The molecular weight excluding hydrogens is 212 g/mol. The first-order chi connectivity index (χ1) is 7.59. The van der Waals surface area contributed by atoms with Gasteiger partial charge < -0.3 is 4.42 Å². The molecule has 0 bridgehead atoms. The van der Waals surface area contributed by atoms with Gasteiger partial charge in [-0.25, -0.2) is 4.79 Å². The number of likely N-dealkylation sites (N-methyl/N-ethyl adjacent to an activating group) is 1. The predicted octanol–water partition coefficient (Wildman–Crippen LogP) is 0.371. The summed E-state index contributed by atoms with van der Waals surface area (Å²) in [4.78, 5) is 34.9. The smallest absolute Gasteiger partial charge is 0.331 e. The van der Waals surface area contributed by atoms with E-state index in [0.717, 1.165) is 4.90 Å². The summed E-state index contributed by atoms with van der Waals surface area (Å²) in [6.45, 7) is 0. The van der Waals surface area contributed by atoms with Gasteiger partial charge in [-0.15, -0.1) is 0 Å². The van der Waals surface area contributed by atoms with Gasteiger partial charge in [0.1, 0.15) is 11.3 Å². The first-order valence-corrected chi connectivity index (χ1v) is 4.48. The number of amides is 4. The van der Waals surface area contributed by atoms with E-state index in [1.807, 2.05) is 5.32 Å². The number of carbonyl (C=O) groups excluding carboxylic acids is 3. The summed E-state index contributed by atoms with van der Waals surface area (Å²) in [5.74, 6) is -0.990. The zero-order chi connectivity index (χ0) is 11.7. The van der Waals surface area contributed by atoms with Gasteiger partial charge >= 0.3 is 6.03 Å². The lowest BCUT2D eigenvalue weighted by Gasteiger charge is -2.21. The van der Waals surface area contributed by atoms with Crippen LogP contribution < -0.4 is 5.32 Å².